The molecular weight excluding hydrogens is 312 g/mol. The molecule has 0 aromatic heterocycles. The van der Waals surface area contributed by atoms with E-state index in [-0.39, 0.29) is 31.0 Å². The summed E-state index contributed by atoms with van der Waals surface area (Å²) in [4.78, 5) is 36.6. The Labute approximate surface area is 142 Å². The lowest BCUT2D eigenvalue weighted by atomic mass is 9.72. The molecule has 0 heterocycles. The first-order chi connectivity index (χ1) is 11.3. The van der Waals surface area contributed by atoms with Crippen molar-refractivity contribution in [3.05, 3.63) is 23.8 Å². The van der Waals surface area contributed by atoms with E-state index in [4.69, 9.17) is 14.2 Å². The molecule has 0 spiro atoms. The van der Waals surface area contributed by atoms with Crippen LogP contribution in [0.25, 0.3) is 0 Å². The van der Waals surface area contributed by atoms with Crippen molar-refractivity contribution in [3.8, 4) is 11.5 Å². The van der Waals surface area contributed by atoms with Gasteiger partial charge in [-0.3, -0.25) is 14.4 Å². The third kappa shape index (κ3) is 4.34. The molecule has 0 amide bonds. The van der Waals surface area contributed by atoms with Gasteiger partial charge < -0.3 is 14.2 Å². The average Bonchev–Trinajstić information content (AvgIpc) is 2.53. The number of benzene rings is 1. The summed E-state index contributed by atoms with van der Waals surface area (Å²) in [5.74, 6) is -0.250. The Kier molecular flexibility index (Phi) is 6.95. The van der Waals surface area contributed by atoms with E-state index < -0.39 is 11.4 Å². The van der Waals surface area contributed by atoms with Crippen LogP contribution in [0.5, 0.6) is 11.5 Å². The van der Waals surface area contributed by atoms with Crippen molar-refractivity contribution >= 4 is 17.5 Å². The van der Waals surface area contributed by atoms with Crippen LogP contribution < -0.4 is 9.47 Å². The second kappa shape index (κ2) is 8.47. The van der Waals surface area contributed by atoms with Crippen molar-refractivity contribution in [1.29, 1.82) is 0 Å². The second-order valence-corrected chi connectivity index (χ2v) is 5.53. The summed E-state index contributed by atoms with van der Waals surface area (Å²) in [6.07, 6.45) is -0.261. The maximum absolute atomic E-state index is 12.3. The van der Waals surface area contributed by atoms with Gasteiger partial charge in [0.2, 0.25) is 0 Å². The minimum absolute atomic E-state index is 0.0385. The fourth-order valence-electron chi connectivity index (χ4n) is 2.61. The molecule has 0 saturated carbocycles. The van der Waals surface area contributed by atoms with E-state index in [1.54, 1.807) is 25.1 Å². The Morgan fingerprint density at radius 2 is 1.67 bits per heavy atom. The highest BCUT2D eigenvalue weighted by atomic mass is 16.5. The molecule has 0 unspecified atom stereocenters. The van der Waals surface area contributed by atoms with Gasteiger partial charge in [-0.25, -0.2) is 0 Å². The number of methoxy groups -OCH3 is 2. The molecule has 0 aliphatic rings. The van der Waals surface area contributed by atoms with Gasteiger partial charge in [0.05, 0.1) is 27.2 Å². The van der Waals surface area contributed by atoms with Crippen LogP contribution in [-0.4, -0.2) is 38.4 Å². The number of ether oxygens (including phenoxy) is 3. The maximum atomic E-state index is 12.3. The van der Waals surface area contributed by atoms with Crippen molar-refractivity contribution < 1.29 is 28.6 Å². The van der Waals surface area contributed by atoms with Crippen molar-refractivity contribution in [2.75, 3.05) is 20.8 Å². The molecular formula is C18H24O6. The first kappa shape index (κ1) is 19.7. The zero-order valence-corrected chi connectivity index (χ0v) is 14.8. The Morgan fingerprint density at radius 3 is 2.12 bits per heavy atom. The molecule has 0 aliphatic heterocycles. The van der Waals surface area contributed by atoms with Crippen LogP contribution in [0.15, 0.2) is 18.2 Å². The Morgan fingerprint density at radius 1 is 1.04 bits per heavy atom. The minimum atomic E-state index is -1.48. The highest BCUT2D eigenvalue weighted by Gasteiger charge is 2.43. The molecule has 0 bridgehead atoms. The second-order valence-electron chi connectivity index (χ2n) is 5.53. The van der Waals surface area contributed by atoms with Crippen LogP contribution >= 0.6 is 0 Å². The molecule has 1 rings (SSSR count). The quantitative estimate of drug-likeness (QED) is 0.509. The summed E-state index contributed by atoms with van der Waals surface area (Å²) in [6, 6.07) is 5.12. The van der Waals surface area contributed by atoms with Gasteiger partial charge in [-0.2, -0.15) is 0 Å². The van der Waals surface area contributed by atoms with Crippen LogP contribution in [0, 0.1) is 5.41 Å². The molecule has 24 heavy (non-hydrogen) atoms. The standard InChI is InChI=1S/C18H24O6/c1-6-24-17(21)11-18(12(2)19,13(3)20)10-14-9-15(22-4)7-8-16(14)23-5/h7-9H,6,10-11H2,1-5H3. The van der Waals surface area contributed by atoms with E-state index in [1.807, 2.05) is 0 Å². The monoisotopic (exact) mass is 336 g/mol. The van der Waals surface area contributed by atoms with E-state index in [1.165, 1.54) is 28.1 Å². The average molecular weight is 336 g/mol. The molecule has 6 heteroatoms. The zero-order chi connectivity index (χ0) is 18.3. The highest BCUT2D eigenvalue weighted by Crippen LogP contribution is 2.35. The molecule has 6 nitrogen and oxygen atoms in total. The first-order valence-electron chi connectivity index (χ1n) is 7.69. The number of hydrogen-bond donors (Lipinski definition) is 0. The number of carbonyl (C=O) groups is 3. The summed E-state index contributed by atoms with van der Waals surface area (Å²) in [7, 11) is 3.02. The number of rotatable bonds is 9. The van der Waals surface area contributed by atoms with Gasteiger partial charge in [-0.05, 0) is 51.0 Å². The largest absolute Gasteiger partial charge is 0.497 e. The lowest BCUT2D eigenvalue weighted by molar-refractivity contribution is -0.153. The SMILES string of the molecule is CCOC(=O)CC(Cc1cc(OC)ccc1OC)(C(C)=O)C(C)=O. The maximum Gasteiger partial charge on any atom is 0.307 e. The third-order valence-electron chi connectivity index (χ3n) is 4.08. The topological polar surface area (TPSA) is 78.9 Å². The van der Waals surface area contributed by atoms with Crippen LogP contribution in [0.4, 0.5) is 0 Å². The normalized spacial score (nSPS) is 10.9. The Bertz CT molecular complexity index is 606. The highest BCUT2D eigenvalue weighted by molar-refractivity contribution is 6.07. The van der Waals surface area contributed by atoms with E-state index in [0.717, 1.165) is 0 Å². The summed E-state index contributed by atoms with van der Waals surface area (Å²) in [5.41, 5.74) is -0.863. The van der Waals surface area contributed by atoms with Gasteiger partial charge in [0.1, 0.15) is 28.5 Å². The molecule has 0 saturated heterocycles. The van der Waals surface area contributed by atoms with E-state index in [9.17, 15) is 14.4 Å². The molecule has 132 valence electrons. The van der Waals surface area contributed by atoms with Gasteiger partial charge in [0.15, 0.2) is 0 Å². The summed E-state index contributed by atoms with van der Waals surface area (Å²) < 4.78 is 15.4. The van der Waals surface area contributed by atoms with Gasteiger partial charge in [0, 0.05) is 0 Å². The number of carbonyl (C=O) groups excluding carboxylic acids is 3. The van der Waals surface area contributed by atoms with Crippen molar-refractivity contribution in [2.24, 2.45) is 5.41 Å². The van der Waals surface area contributed by atoms with Crippen molar-refractivity contribution in [3.63, 3.8) is 0 Å². The molecule has 0 aliphatic carbocycles. The molecule has 0 radical (unpaired) electrons. The summed E-state index contributed by atoms with van der Waals surface area (Å²) in [6.45, 7) is 4.49. The smallest absolute Gasteiger partial charge is 0.307 e. The van der Waals surface area contributed by atoms with Crippen LogP contribution in [0.3, 0.4) is 0 Å². The predicted octanol–water partition coefficient (Wildman–Crippen LogP) is 2.36. The number of ketones is 2. The predicted molar refractivity (Wildman–Crippen MR) is 88.3 cm³/mol. The number of Topliss-reactive ketones (excluding diaryl/α,β-unsaturated/α-hetero) is 2. The molecule has 0 N–H and O–H groups in total. The fraction of sp³-hybridized carbons (Fsp3) is 0.500. The zero-order valence-electron chi connectivity index (χ0n) is 14.8. The number of hydrogen-bond acceptors (Lipinski definition) is 6. The summed E-state index contributed by atoms with van der Waals surface area (Å²) in [5, 5.41) is 0. The van der Waals surface area contributed by atoms with Crippen molar-refractivity contribution in [2.45, 2.75) is 33.6 Å². The van der Waals surface area contributed by atoms with Crippen LogP contribution in [-0.2, 0) is 25.5 Å². The van der Waals surface area contributed by atoms with E-state index >= 15 is 0 Å². The van der Waals surface area contributed by atoms with Gasteiger partial charge in [-0.15, -0.1) is 0 Å². The Hall–Kier alpha value is -2.37. The Balaban J connectivity index is 3.33. The molecule has 0 atom stereocenters. The number of esters is 1. The fourth-order valence-corrected chi connectivity index (χ4v) is 2.61. The molecule has 1 aromatic rings. The molecule has 0 fully saturated rings. The molecule has 1 aromatic carbocycles. The first-order valence-corrected chi connectivity index (χ1v) is 7.69. The van der Waals surface area contributed by atoms with Gasteiger partial charge >= 0.3 is 5.97 Å². The lowest BCUT2D eigenvalue weighted by Gasteiger charge is -2.28. The van der Waals surface area contributed by atoms with Crippen molar-refractivity contribution in [1.82, 2.24) is 0 Å². The summed E-state index contributed by atoms with van der Waals surface area (Å²) >= 11 is 0. The van der Waals surface area contributed by atoms with E-state index in [0.29, 0.717) is 17.1 Å². The van der Waals surface area contributed by atoms with E-state index in [2.05, 4.69) is 0 Å². The lowest BCUT2D eigenvalue weighted by Crippen LogP contribution is -2.41. The van der Waals surface area contributed by atoms with Gasteiger partial charge in [0.25, 0.3) is 0 Å². The van der Waals surface area contributed by atoms with Crippen LogP contribution in [0.1, 0.15) is 32.8 Å². The minimum Gasteiger partial charge on any atom is -0.497 e. The van der Waals surface area contributed by atoms with Crippen LogP contribution in [0.2, 0.25) is 0 Å². The van der Waals surface area contributed by atoms with Gasteiger partial charge in [-0.1, -0.05) is 0 Å². The third-order valence-corrected chi connectivity index (χ3v) is 4.08.